The Morgan fingerprint density at radius 1 is 0.914 bits per heavy atom. The van der Waals surface area contributed by atoms with E-state index in [9.17, 15) is 9.59 Å². The van der Waals surface area contributed by atoms with Crippen LogP contribution in [0.2, 0.25) is 10.0 Å². The van der Waals surface area contributed by atoms with Gasteiger partial charge in [0.1, 0.15) is 19.0 Å². The van der Waals surface area contributed by atoms with Crippen LogP contribution in [0.15, 0.2) is 71.6 Å². The number of methoxy groups -OCH3 is 1. The number of carbonyl (C=O) groups is 2. The molecule has 3 aromatic carbocycles. The summed E-state index contributed by atoms with van der Waals surface area (Å²) in [5.74, 6) is 1.20. The molecule has 2 amide bonds. The summed E-state index contributed by atoms with van der Waals surface area (Å²) in [6, 6.07) is 19.7. The van der Waals surface area contributed by atoms with Crippen LogP contribution in [0.4, 0.5) is 4.79 Å². The molecule has 35 heavy (non-hydrogen) atoms. The highest BCUT2D eigenvalue weighted by atomic mass is 35.5. The Balaban J connectivity index is 1.43. The maximum atomic E-state index is 12.8. The Morgan fingerprint density at radius 2 is 1.69 bits per heavy atom. The molecule has 1 fully saturated rings. The van der Waals surface area contributed by atoms with Crippen molar-refractivity contribution < 1.29 is 23.8 Å². The van der Waals surface area contributed by atoms with Gasteiger partial charge in [0.25, 0.3) is 11.1 Å². The fraction of sp³-hybridized carbons (Fsp3) is 0.154. The zero-order valence-corrected chi connectivity index (χ0v) is 21.0. The maximum Gasteiger partial charge on any atom is 0.293 e. The molecule has 1 saturated heterocycles. The number of thioether (sulfide) groups is 1. The van der Waals surface area contributed by atoms with Crippen molar-refractivity contribution in [2.24, 2.45) is 0 Å². The number of nitrogens with zero attached hydrogens (tertiary/aromatic N) is 1. The number of benzene rings is 3. The van der Waals surface area contributed by atoms with Gasteiger partial charge >= 0.3 is 0 Å². The van der Waals surface area contributed by atoms with Gasteiger partial charge in [-0.15, -0.1) is 0 Å². The van der Waals surface area contributed by atoms with Crippen molar-refractivity contribution in [1.29, 1.82) is 0 Å². The van der Waals surface area contributed by atoms with E-state index in [2.05, 4.69) is 0 Å². The lowest BCUT2D eigenvalue weighted by molar-refractivity contribution is -0.123. The quantitative estimate of drug-likeness (QED) is 0.287. The van der Waals surface area contributed by atoms with Gasteiger partial charge in [-0.2, -0.15) is 0 Å². The molecule has 4 rings (SSSR count). The average Bonchev–Trinajstić information content (AvgIpc) is 3.12. The van der Waals surface area contributed by atoms with Crippen molar-refractivity contribution in [2.45, 2.75) is 6.61 Å². The van der Waals surface area contributed by atoms with Gasteiger partial charge in [-0.05, 0) is 65.4 Å². The molecule has 1 aliphatic rings. The Hall–Kier alpha value is -3.13. The predicted octanol–water partition coefficient (Wildman–Crippen LogP) is 6.70. The molecule has 0 aromatic heterocycles. The molecule has 1 heterocycles. The molecule has 0 radical (unpaired) electrons. The van der Waals surface area contributed by atoms with Gasteiger partial charge in [-0.3, -0.25) is 14.5 Å². The van der Waals surface area contributed by atoms with E-state index >= 15 is 0 Å². The zero-order valence-electron chi connectivity index (χ0n) is 18.7. The molecule has 0 aliphatic carbocycles. The summed E-state index contributed by atoms with van der Waals surface area (Å²) < 4.78 is 17.0. The number of amides is 2. The summed E-state index contributed by atoms with van der Waals surface area (Å²) in [6.07, 6.45) is 1.66. The molecule has 180 valence electrons. The van der Waals surface area contributed by atoms with Crippen LogP contribution in [-0.4, -0.2) is 36.3 Å². The standard InChI is InChI=1S/C26H21Cl2NO5S/c1-32-22-11-8-18(14-23(22)34-16-17-6-9-19(27)10-7-17)15-24-25(30)29(26(31)35-24)12-13-33-21-5-3-2-4-20(21)28/h2-11,14-15H,12-13,16H2,1H3/b24-15-. The fourth-order valence-corrected chi connectivity index (χ4v) is 4.47. The first kappa shape index (κ1) is 25.0. The molecule has 1 aliphatic heterocycles. The first-order valence-electron chi connectivity index (χ1n) is 10.6. The number of halogens is 2. The number of imide groups is 1. The lowest BCUT2D eigenvalue weighted by atomic mass is 10.1. The van der Waals surface area contributed by atoms with Crippen LogP contribution in [0.25, 0.3) is 6.08 Å². The highest BCUT2D eigenvalue weighted by Crippen LogP contribution is 2.35. The number of carbonyl (C=O) groups excluding carboxylic acids is 2. The lowest BCUT2D eigenvalue weighted by Crippen LogP contribution is -2.32. The maximum absolute atomic E-state index is 12.8. The summed E-state index contributed by atoms with van der Waals surface area (Å²) in [7, 11) is 1.56. The summed E-state index contributed by atoms with van der Waals surface area (Å²) >= 11 is 12.9. The molecule has 0 unspecified atom stereocenters. The Labute approximate surface area is 217 Å². The lowest BCUT2D eigenvalue weighted by Gasteiger charge is -2.14. The van der Waals surface area contributed by atoms with E-state index in [1.807, 2.05) is 12.1 Å². The van der Waals surface area contributed by atoms with Crippen LogP contribution in [-0.2, 0) is 11.4 Å². The minimum Gasteiger partial charge on any atom is -0.493 e. The van der Waals surface area contributed by atoms with E-state index in [4.69, 9.17) is 37.4 Å². The van der Waals surface area contributed by atoms with Gasteiger partial charge < -0.3 is 14.2 Å². The van der Waals surface area contributed by atoms with Crippen LogP contribution in [0.1, 0.15) is 11.1 Å². The van der Waals surface area contributed by atoms with Crippen molar-refractivity contribution in [3.8, 4) is 17.2 Å². The molecule has 0 atom stereocenters. The smallest absolute Gasteiger partial charge is 0.293 e. The normalized spacial score (nSPS) is 14.5. The highest BCUT2D eigenvalue weighted by Gasteiger charge is 2.34. The zero-order chi connectivity index (χ0) is 24.8. The Kier molecular flexibility index (Phi) is 8.23. The third-order valence-corrected chi connectivity index (χ3v) is 6.55. The van der Waals surface area contributed by atoms with Gasteiger partial charge in [-0.25, -0.2) is 0 Å². The first-order chi connectivity index (χ1) is 16.9. The van der Waals surface area contributed by atoms with E-state index in [0.29, 0.717) is 44.4 Å². The van der Waals surface area contributed by atoms with Crippen molar-refractivity contribution in [3.63, 3.8) is 0 Å². The van der Waals surface area contributed by atoms with Crippen LogP contribution >= 0.6 is 35.0 Å². The van der Waals surface area contributed by atoms with Gasteiger partial charge in [0.15, 0.2) is 11.5 Å². The third kappa shape index (κ3) is 6.31. The molecular weight excluding hydrogens is 509 g/mol. The minimum absolute atomic E-state index is 0.116. The van der Waals surface area contributed by atoms with Crippen molar-refractivity contribution in [3.05, 3.63) is 92.8 Å². The minimum atomic E-state index is -0.373. The van der Waals surface area contributed by atoms with Gasteiger partial charge in [-0.1, -0.05) is 53.5 Å². The second-order valence-corrected chi connectivity index (χ2v) is 9.27. The molecule has 9 heteroatoms. The van der Waals surface area contributed by atoms with E-state index < -0.39 is 0 Å². The SMILES string of the molecule is COc1ccc(/C=C2\SC(=O)N(CCOc3ccccc3Cl)C2=O)cc1OCc1ccc(Cl)cc1. The summed E-state index contributed by atoms with van der Waals surface area (Å²) in [5.41, 5.74) is 1.65. The second kappa shape index (κ2) is 11.5. The summed E-state index contributed by atoms with van der Waals surface area (Å²) in [4.78, 5) is 26.8. The topological polar surface area (TPSA) is 65.1 Å². The summed E-state index contributed by atoms with van der Waals surface area (Å²) in [6.45, 7) is 0.574. The molecule has 0 bridgehead atoms. The third-order valence-electron chi connectivity index (χ3n) is 5.08. The van der Waals surface area contributed by atoms with Crippen LogP contribution < -0.4 is 14.2 Å². The van der Waals surface area contributed by atoms with E-state index in [1.165, 1.54) is 0 Å². The molecule has 0 N–H and O–H groups in total. The summed E-state index contributed by atoms with van der Waals surface area (Å²) in [5, 5.41) is 0.768. The van der Waals surface area contributed by atoms with Gasteiger partial charge in [0.2, 0.25) is 0 Å². The predicted molar refractivity (Wildman–Crippen MR) is 138 cm³/mol. The first-order valence-corrected chi connectivity index (χ1v) is 12.2. The number of hydrogen-bond acceptors (Lipinski definition) is 6. The monoisotopic (exact) mass is 529 g/mol. The Morgan fingerprint density at radius 3 is 2.43 bits per heavy atom. The number of ether oxygens (including phenoxy) is 3. The molecule has 0 saturated carbocycles. The van der Waals surface area contributed by atoms with Crippen molar-refractivity contribution in [2.75, 3.05) is 20.3 Å². The molecule has 6 nitrogen and oxygen atoms in total. The average molecular weight is 530 g/mol. The second-order valence-electron chi connectivity index (χ2n) is 7.44. The highest BCUT2D eigenvalue weighted by molar-refractivity contribution is 8.18. The van der Waals surface area contributed by atoms with Gasteiger partial charge in [0.05, 0.1) is 23.6 Å². The van der Waals surface area contributed by atoms with Crippen LogP contribution in [0, 0.1) is 0 Å². The van der Waals surface area contributed by atoms with Gasteiger partial charge in [0, 0.05) is 5.02 Å². The largest absolute Gasteiger partial charge is 0.493 e. The van der Waals surface area contributed by atoms with E-state index in [0.717, 1.165) is 22.2 Å². The van der Waals surface area contributed by atoms with Crippen molar-refractivity contribution >= 4 is 52.2 Å². The molecule has 0 spiro atoms. The number of hydrogen-bond donors (Lipinski definition) is 0. The van der Waals surface area contributed by atoms with E-state index in [1.54, 1.807) is 67.8 Å². The molecule has 3 aromatic rings. The van der Waals surface area contributed by atoms with Crippen LogP contribution in [0.3, 0.4) is 0 Å². The number of para-hydroxylation sites is 1. The van der Waals surface area contributed by atoms with E-state index in [-0.39, 0.29) is 24.3 Å². The van der Waals surface area contributed by atoms with Crippen LogP contribution in [0.5, 0.6) is 17.2 Å². The number of rotatable bonds is 9. The molecular formula is C26H21Cl2NO5S. The Bertz CT molecular complexity index is 1260. The fourth-order valence-electron chi connectivity index (χ4n) is 3.29. The van der Waals surface area contributed by atoms with Crippen molar-refractivity contribution in [1.82, 2.24) is 4.90 Å².